The molecule has 0 aliphatic heterocycles. The summed E-state index contributed by atoms with van der Waals surface area (Å²) in [6.45, 7) is 9.65. The average molecular weight is 389 g/mol. The Morgan fingerprint density at radius 1 is 1.10 bits per heavy atom. The van der Waals surface area contributed by atoms with E-state index in [-0.39, 0.29) is 24.0 Å². The topological polar surface area (TPSA) is 36.4 Å². The van der Waals surface area contributed by atoms with E-state index in [2.05, 4.69) is 73.7 Å². The summed E-state index contributed by atoms with van der Waals surface area (Å²) in [5.41, 5.74) is 1.38. The second kappa shape index (κ2) is 10.0. The summed E-state index contributed by atoms with van der Waals surface area (Å²) in [4.78, 5) is 4.25. The number of benzene rings is 1. The van der Waals surface area contributed by atoms with Crippen LogP contribution in [0.25, 0.3) is 0 Å². The summed E-state index contributed by atoms with van der Waals surface area (Å²) >= 11 is 0. The van der Waals surface area contributed by atoms with Gasteiger partial charge in [-0.15, -0.1) is 24.0 Å². The molecule has 1 aromatic carbocycles. The molecule has 0 saturated carbocycles. The minimum absolute atomic E-state index is 0. The fourth-order valence-corrected chi connectivity index (χ4v) is 2.11. The number of hydrogen-bond donors (Lipinski definition) is 2. The highest BCUT2D eigenvalue weighted by molar-refractivity contribution is 14.0. The van der Waals surface area contributed by atoms with Crippen LogP contribution in [0.3, 0.4) is 0 Å². The lowest BCUT2D eigenvalue weighted by molar-refractivity contribution is 0.487. The molecule has 0 fully saturated rings. The zero-order valence-electron chi connectivity index (χ0n) is 13.2. The highest BCUT2D eigenvalue weighted by atomic mass is 127. The van der Waals surface area contributed by atoms with Crippen LogP contribution < -0.4 is 10.6 Å². The van der Waals surface area contributed by atoms with E-state index in [1.54, 1.807) is 0 Å². The first-order valence-corrected chi connectivity index (χ1v) is 7.06. The lowest BCUT2D eigenvalue weighted by Gasteiger charge is -2.23. The quantitative estimate of drug-likeness (QED) is 0.459. The van der Waals surface area contributed by atoms with Crippen LogP contribution >= 0.6 is 24.0 Å². The molecule has 3 nitrogen and oxygen atoms in total. The van der Waals surface area contributed by atoms with Crippen LogP contribution in [-0.4, -0.2) is 25.6 Å². The monoisotopic (exact) mass is 389 g/mol. The second-order valence-corrected chi connectivity index (χ2v) is 5.51. The molecule has 0 aliphatic rings. The van der Waals surface area contributed by atoms with Gasteiger partial charge in [0.1, 0.15) is 0 Å². The van der Waals surface area contributed by atoms with Gasteiger partial charge in [-0.1, -0.05) is 44.2 Å². The molecule has 20 heavy (non-hydrogen) atoms. The van der Waals surface area contributed by atoms with E-state index in [1.807, 2.05) is 7.05 Å². The molecule has 1 rings (SSSR count). The number of rotatable bonds is 5. The molecule has 0 radical (unpaired) electrons. The first kappa shape index (κ1) is 19.2. The first-order chi connectivity index (χ1) is 9.04. The lowest BCUT2D eigenvalue weighted by Crippen LogP contribution is -2.43. The van der Waals surface area contributed by atoms with Gasteiger partial charge in [-0.25, -0.2) is 0 Å². The molecule has 0 amide bonds. The maximum atomic E-state index is 4.25. The van der Waals surface area contributed by atoms with E-state index >= 15 is 0 Å². The van der Waals surface area contributed by atoms with E-state index in [9.17, 15) is 0 Å². The molecule has 1 atom stereocenters. The molecule has 1 aromatic rings. The third-order valence-corrected chi connectivity index (χ3v) is 3.17. The average Bonchev–Trinajstić information content (AvgIpc) is 2.38. The van der Waals surface area contributed by atoms with Gasteiger partial charge in [-0.2, -0.15) is 0 Å². The minimum Gasteiger partial charge on any atom is -0.356 e. The van der Waals surface area contributed by atoms with Gasteiger partial charge in [0, 0.05) is 25.6 Å². The fraction of sp³-hybridized carbons (Fsp3) is 0.562. The summed E-state index contributed by atoms with van der Waals surface area (Å²) < 4.78 is 0. The second-order valence-electron chi connectivity index (χ2n) is 5.51. The third kappa shape index (κ3) is 6.59. The van der Waals surface area contributed by atoms with Crippen LogP contribution in [0.1, 0.15) is 39.2 Å². The van der Waals surface area contributed by atoms with Crippen molar-refractivity contribution in [3.8, 4) is 0 Å². The van der Waals surface area contributed by atoms with Crippen molar-refractivity contribution >= 4 is 29.9 Å². The molecule has 1 unspecified atom stereocenters. The summed E-state index contributed by atoms with van der Waals surface area (Å²) in [5, 5.41) is 6.73. The van der Waals surface area contributed by atoms with E-state index < -0.39 is 0 Å². The molecule has 0 saturated heterocycles. The standard InChI is InChI=1S/C16H27N3.HI/c1-12(2)15(14-9-7-6-8-10-14)11-18-16(17-5)19-13(3)4;/h6-10,12-13,15H,11H2,1-5H3,(H2,17,18,19);1H. The number of hydrogen-bond acceptors (Lipinski definition) is 1. The molecular weight excluding hydrogens is 361 g/mol. The Labute approximate surface area is 140 Å². The summed E-state index contributed by atoms with van der Waals surface area (Å²) in [7, 11) is 1.81. The molecule has 2 N–H and O–H groups in total. The van der Waals surface area contributed by atoms with Gasteiger partial charge in [0.2, 0.25) is 0 Å². The van der Waals surface area contributed by atoms with Crippen LogP contribution in [0.15, 0.2) is 35.3 Å². The van der Waals surface area contributed by atoms with Crippen LogP contribution in [0.2, 0.25) is 0 Å². The van der Waals surface area contributed by atoms with E-state index in [1.165, 1.54) is 5.56 Å². The van der Waals surface area contributed by atoms with E-state index in [0.717, 1.165) is 12.5 Å². The maximum absolute atomic E-state index is 4.25. The van der Waals surface area contributed by atoms with Crippen molar-refractivity contribution in [2.24, 2.45) is 10.9 Å². The number of nitrogens with one attached hydrogen (secondary N) is 2. The molecule has 0 aromatic heterocycles. The Kier molecular flexibility index (Phi) is 9.63. The van der Waals surface area contributed by atoms with Gasteiger partial charge in [-0.3, -0.25) is 4.99 Å². The van der Waals surface area contributed by atoms with Crippen molar-refractivity contribution in [3.63, 3.8) is 0 Å². The van der Waals surface area contributed by atoms with Gasteiger partial charge in [-0.05, 0) is 25.3 Å². The fourth-order valence-electron chi connectivity index (χ4n) is 2.11. The van der Waals surface area contributed by atoms with Crippen molar-refractivity contribution in [2.45, 2.75) is 39.7 Å². The smallest absolute Gasteiger partial charge is 0.191 e. The van der Waals surface area contributed by atoms with Crippen molar-refractivity contribution < 1.29 is 0 Å². The van der Waals surface area contributed by atoms with Crippen LogP contribution in [0, 0.1) is 5.92 Å². The Bertz CT molecular complexity index is 388. The zero-order chi connectivity index (χ0) is 14.3. The van der Waals surface area contributed by atoms with E-state index in [4.69, 9.17) is 0 Å². The molecule has 114 valence electrons. The summed E-state index contributed by atoms with van der Waals surface area (Å²) in [5.74, 6) is 1.95. The number of aliphatic imine (C=N–C) groups is 1. The predicted octanol–water partition coefficient (Wildman–Crippen LogP) is 3.62. The highest BCUT2D eigenvalue weighted by Gasteiger charge is 2.16. The molecule has 0 bridgehead atoms. The zero-order valence-corrected chi connectivity index (χ0v) is 15.5. The normalized spacial score (nSPS) is 13.1. The molecule has 0 spiro atoms. The van der Waals surface area contributed by atoms with Crippen molar-refractivity contribution in [1.82, 2.24) is 10.6 Å². The Morgan fingerprint density at radius 3 is 2.15 bits per heavy atom. The Balaban J connectivity index is 0.00000361. The van der Waals surface area contributed by atoms with Crippen LogP contribution in [0.5, 0.6) is 0 Å². The largest absolute Gasteiger partial charge is 0.356 e. The number of halogens is 1. The van der Waals surface area contributed by atoms with Crippen molar-refractivity contribution in [1.29, 1.82) is 0 Å². The predicted molar refractivity (Wildman–Crippen MR) is 99.1 cm³/mol. The van der Waals surface area contributed by atoms with E-state index in [0.29, 0.717) is 17.9 Å². The van der Waals surface area contributed by atoms with Crippen LogP contribution in [-0.2, 0) is 0 Å². The Hall–Kier alpha value is -0.780. The molecule has 0 heterocycles. The van der Waals surface area contributed by atoms with Gasteiger partial charge < -0.3 is 10.6 Å². The maximum Gasteiger partial charge on any atom is 0.191 e. The molecule has 0 aliphatic carbocycles. The van der Waals surface area contributed by atoms with Gasteiger partial charge >= 0.3 is 0 Å². The van der Waals surface area contributed by atoms with Gasteiger partial charge in [0.15, 0.2) is 5.96 Å². The number of guanidine groups is 1. The van der Waals surface area contributed by atoms with Gasteiger partial charge in [0.05, 0.1) is 0 Å². The highest BCUT2D eigenvalue weighted by Crippen LogP contribution is 2.23. The van der Waals surface area contributed by atoms with Gasteiger partial charge in [0.25, 0.3) is 0 Å². The number of nitrogens with zero attached hydrogens (tertiary/aromatic N) is 1. The van der Waals surface area contributed by atoms with Crippen molar-refractivity contribution in [2.75, 3.05) is 13.6 Å². The van der Waals surface area contributed by atoms with Crippen LogP contribution in [0.4, 0.5) is 0 Å². The summed E-state index contributed by atoms with van der Waals surface area (Å²) in [6.07, 6.45) is 0. The lowest BCUT2D eigenvalue weighted by atomic mass is 9.88. The molecule has 4 heteroatoms. The molecular formula is C16H28IN3. The summed E-state index contributed by atoms with van der Waals surface area (Å²) in [6, 6.07) is 11.1. The first-order valence-electron chi connectivity index (χ1n) is 7.06. The van der Waals surface area contributed by atoms with Crippen molar-refractivity contribution in [3.05, 3.63) is 35.9 Å². The minimum atomic E-state index is 0. The third-order valence-electron chi connectivity index (χ3n) is 3.17. The Morgan fingerprint density at radius 2 is 1.70 bits per heavy atom. The SMILES string of the molecule is CN=C(NCC(c1ccccc1)C(C)C)NC(C)C.I.